The summed E-state index contributed by atoms with van der Waals surface area (Å²) in [7, 11) is 0. The topological polar surface area (TPSA) is 128 Å². The van der Waals surface area contributed by atoms with Crippen LogP contribution < -0.4 is 15.0 Å². The number of anilines is 1. The van der Waals surface area contributed by atoms with Crippen molar-refractivity contribution in [2.75, 3.05) is 24.6 Å². The summed E-state index contributed by atoms with van der Waals surface area (Å²) in [5, 5.41) is 29.7. The maximum Gasteiger partial charge on any atom is 0.313 e. The lowest BCUT2D eigenvalue weighted by molar-refractivity contribution is -0.746. The van der Waals surface area contributed by atoms with Crippen molar-refractivity contribution in [2.24, 2.45) is 0 Å². The molecule has 4 N–H and O–H groups in total. The summed E-state index contributed by atoms with van der Waals surface area (Å²) in [5.41, 5.74) is 0.428. The van der Waals surface area contributed by atoms with E-state index >= 15 is 0 Å². The molecular weight excluding hydrogens is 342 g/mol. The lowest BCUT2D eigenvalue weighted by atomic mass is 10.1. The molecule has 1 aliphatic heterocycles. The Balaban J connectivity index is 2.18. The van der Waals surface area contributed by atoms with E-state index in [4.69, 9.17) is 4.74 Å². The fraction of sp³-hybridized carbons (Fsp3) is 0.688. The van der Waals surface area contributed by atoms with Gasteiger partial charge in [0.2, 0.25) is 11.7 Å². The molecule has 2 aromatic rings. The van der Waals surface area contributed by atoms with E-state index in [1.54, 1.807) is 15.5 Å². The zero-order valence-corrected chi connectivity index (χ0v) is 15.2. The molecule has 1 fully saturated rings. The normalized spacial score (nSPS) is 25.9. The summed E-state index contributed by atoms with van der Waals surface area (Å²) in [4.78, 5) is 22.0. The molecule has 0 amide bonds. The monoisotopic (exact) mass is 368 g/mol. The van der Waals surface area contributed by atoms with Crippen LogP contribution in [0.15, 0.2) is 11.1 Å². The second-order valence-corrected chi connectivity index (χ2v) is 6.27. The molecule has 1 aliphatic rings. The van der Waals surface area contributed by atoms with Gasteiger partial charge in [-0.05, 0) is 20.8 Å². The summed E-state index contributed by atoms with van der Waals surface area (Å²) in [5.74, 6) is 0.432. The van der Waals surface area contributed by atoms with Crippen LogP contribution in [0.1, 0.15) is 27.0 Å². The average Bonchev–Trinajstić information content (AvgIpc) is 3.14. The van der Waals surface area contributed by atoms with Crippen molar-refractivity contribution in [3.8, 4) is 0 Å². The molecule has 10 nitrogen and oxygen atoms in total. The number of imidazole rings is 1. The van der Waals surface area contributed by atoms with Gasteiger partial charge in [-0.15, -0.1) is 0 Å². The van der Waals surface area contributed by atoms with Crippen molar-refractivity contribution < 1.29 is 24.6 Å². The number of aromatic amines is 1. The van der Waals surface area contributed by atoms with E-state index in [9.17, 15) is 20.1 Å². The maximum atomic E-state index is 12.7. The highest BCUT2D eigenvalue weighted by Gasteiger charge is 2.46. The number of hydrogen-bond acceptors (Lipinski definition) is 7. The Morgan fingerprint density at radius 2 is 2.00 bits per heavy atom. The highest BCUT2D eigenvalue weighted by atomic mass is 16.6. The van der Waals surface area contributed by atoms with Gasteiger partial charge >= 0.3 is 5.65 Å². The number of aliphatic hydroxyl groups is 3. The lowest BCUT2D eigenvalue weighted by Gasteiger charge is -2.16. The van der Waals surface area contributed by atoms with Gasteiger partial charge in [0.1, 0.15) is 18.3 Å². The van der Waals surface area contributed by atoms with Crippen LogP contribution in [-0.4, -0.2) is 67.9 Å². The lowest BCUT2D eigenvalue weighted by Crippen LogP contribution is -2.46. The van der Waals surface area contributed by atoms with Crippen LogP contribution in [0.4, 0.5) is 5.95 Å². The Kier molecular flexibility index (Phi) is 5.28. The van der Waals surface area contributed by atoms with Crippen LogP contribution in [0.25, 0.3) is 11.2 Å². The average molecular weight is 368 g/mol. The summed E-state index contributed by atoms with van der Waals surface area (Å²) in [6, 6.07) is 0. The molecule has 144 valence electrons. The largest absolute Gasteiger partial charge is 0.394 e. The summed E-state index contributed by atoms with van der Waals surface area (Å²) in [6.45, 7) is 7.27. The Labute approximate surface area is 150 Å². The third-order valence-corrected chi connectivity index (χ3v) is 4.85. The van der Waals surface area contributed by atoms with Gasteiger partial charge in [-0.1, -0.05) is 4.98 Å². The first-order valence-electron chi connectivity index (χ1n) is 8.88. The van der Waals surface area contributed by atoms with Crippen molar-refractivity contribution >= 4 is 17.1 Å². The highest BCUT2D eigenvalue weighted by molar-refractivity contribution is 5.67. The second-order valence-electron chi connectivity index (χ2n) is 6.27. The quantitative estimate of drug-likeness (QED) is 0.457. The van der Waals surface area contributed by atoms with Crippen LogP contribution in [0.5, 0.6) is 0 Å². The van der Waals surface area contributed by atoms with Gasteiger partial charge in [-0.3, -0.25) is 14.3 Å². The number of aromatic nitrogens is 4. The number of nitrogens with one attached hydrogen (secondary N) is 1. The first-order chi connectivity index (χ1) is 12.5. The van der Waals surface area contributed by atoms with E-state index in [2.05, 4.69) is 9.97 Å². The first kappa shape index (κ1) is 18.8. The molecule has 0 saturated carbocycles. The van der Waals surface area contributed by atoms with Crippen molar-refractivity contribution in [3.05, 3.63) is 16.7 Å². The van der Waals surface area contributed by atoms with Crippen LogP contribution in [-0.2, 0) is 11.3 Å². The van der Waals surface area contributed by atoms with Crippen molar-refractivity contribution in [3.63, 3.8) is 0 Å². The number of hydrogen-bond donors (Lipinski definition) is 4. The van der Waals surface area contributed by atoms with Gasteiger partial charge in [-0.2, -0.15) is 0 Å². The molecule has 2 aromatic heterocycles. The smallest absolute Gasteiger partial charge is 0.313 e. The number of nitrogens with zero attached hydrogens (tertiary/aromatic N) is 4. The predicted molar refractivity (Wildman–Crippen MR) is 92.8 cm³/mol. The Hall–Kier alpha value is -2.01. The van der Waals surface area contributed by atoms with Crippen molar-refractivity contribution in [1.29, 1.82) is 0 Å². The molecule has 0 spiro atoms. The highest BCUT2D eigenvalue weighted by Crippen LogP contribution is 2.26. The zero-order chi connectivity index (χ0) is 19.0. The van der Waals surface area contributed by atoms with Gasteiger partial charge < -0.3 is 25.0 Å². The molecule has 1 saturated heterocycles. The standard InChI is InChI=1S/C16H25N5O5/c1-4-19(5-2)16-17-13-10(14(25)18-16)20(6-3)8-21(13)15-12(24)11(23)9(7-22)26-15/h8-9,11-12,15,22-24H,4-7H2,1-3H3/p+1/t9-,11-,12-,15-/m1/s1. The molecule has 0 radical (unpaired) electrons. The third kappa shape index (κ3) is 2.88. The minimum Gasteiger partial charge on any atom is -0.394 e. The Morgan fingerprint density at radius 1 is 1.31 bits per heavy atom. The van der Waals surface area contributed by atoms with Crippen LogP contribution in [0, 0.1) is 0 Å². The van der Waals surface area contributed by atoms with E-state index in [0.29, 0.717) is 36.7 Å². The zero-order valence-electron chi connectivity index (χ0n) is 15.2. The van der Waals surface area contributed by atoms with Gasteiger partial charge in [0.05, 0.1) is 13.2 Å². The second kappa shape index (κ2) is 7.31. The number of aliphatic hydroxyl groups excluding tert-OH is 3. The molecular formula is C16H26N5O5+. The summed E-state index contributed by atoms with van der Waals surface area (Å²) >= 11 is 0. The molecule has 3 heterocycles. The van der Waals surface area contributed by atoms with Gasteiger partial charge in [0, 0.05) is 13.1 Å². The Bertz CT molecular complexity index is 830. The summed E-state index contributed by atoms with van der Waals surface area (Å²) < 4.78 is 8.87. The SMILES string of the molecule is CCN(CC)c1nc2c(c(=O)[nH]1)n(CC)c[n+]2[C@@H]1O[C@H](CO)[C@@H](O)[C@H]1O. The molecule has 26 heavy (non-hydrogen) atoms. The molecule has 3 rings (SSSR count). The molecule has 10 heteroatoms. The molecule has 0 bridgehead atoms. The fourth-order valence-electron chi connectivity index (χ4n) is 3.35. The van der Waals surface area contributed by atoms with E-state index in [0.717, 1.165) is 0 Å². The van der Waals surface area contributed by atoms with E-state index in [1.807, 2.05) is 25.7 Å². The number of H-pyrrole nitrogens is 1. The molecule has 0 unspecified atom stereocenters. The van der Waals surface area contributed by atoms with Crippen LogP contribution in [0.2, 0.25) is 0 Å². The van der Waals surface area contributed by atoms with E-state index in [1.165, 1.54) is 0 Å². The Morgan fingerprint density at radius 3 is 2.54 bits per heavy atom. The molecule has 0 aromatic carbocycles. The van der Waals surface area contributed by atoms with Gasteiger partial charge in [0.15, 0.2) is 6.33 Å². The number of ether oxygens (including phenoxy) is 1. The minimum absolute atomic E-state index is 0.288. The van der Waals surface area contributed by atoms with Crippen molar-refractivity contribution in [2.45, 2.75) is 51.9 Å². The van der Waals surface area contributed by atoms with E-state index < -0.39 is 31.1 Å². The predicted octanol–water partition coefficient (Wildman–Crippen LogP) is -1.51. The maximum absolute atomic E-state index is 12.7. The third-order valence-electron chi connectivity index (χ3n) is 4.85. The summed E-state index contributed by atoms with van der Waals surface area (Å²) in [6.07, 6.45) is -2.67. The van der Waals surface area contributed by atoms with Crippen LogP contribution in [0.3, 0.4) is 0 Å². The molecule has 0 aliphatic carbocycles. The van der Waals surface area contributed by atoms with Crippen LogP contribution >= 0.6 is 0 Å². The van der Waals surface area contributed by atoms with Gasteiger partial charge in [-0.25, -0.2) is 4.57 Å². The van der Waals surface area contributed by atoms with Gasteiger partial charge in [0.25, 0.3) is 11.5 Å². The molecule has 4 atom stereocenters. The van der Waals surface area contributed by atoms with E-state index in [-0.39, 0.29) is 5.56 Å². The fourth-order valence-corrected chi connectivity index (χ4v) is 3.35. The number of aryl methyl sites for hydroxylation is 1. The van der Waals surface area contributed by atoms with Crippen molar-refractivity contribution in [1.82, 2.24) is 14.5 Å². The number of rotatable bonds is 6. The first-order valence-corrected chi connectivity index (χ1v) is 8.88. The number of fused-ring (bicyclic) bond motifs is 1. The minimum atomic E-state index is -1.24.